The molecule has 1 aromatic heterocycles. The van der Waals surface area contributed by atoms with Crippen LogP contribution in [-0.2, 0) is 16.1 Å². The molecule has 3 heterocycles. The summed E-state index contributed by atoms with van der Waals surface area (Å²) in [6, 6.07) is 13.9. The lowest BCUT2D eigenvalue weighted by Crippen LogP contribution is -2.31. The highest BCUT2D eigenvalue weighted by Gasteiger charge is 2.39. The maximum Gasteiger partial charge on any atom is 0.278 e. The summed E-state index contributed by atoms with van der Waals surface area (Å²) in [5, 5.41) is 3.03. The largest absolute Gasteiger partial charge is 0.467 e. The summed E-state index contributed by atoms with van der Waals surface area (Å²) in [6.07, 6.45) is 1.47. The van der Waals surface area contributed by atoms with Gasteiger partial charge in [-0.25, -0.2) is 4.39 Å². The van der Waals surface area contributed by atoms with Crippen LogP contribution in [0.25, 0.3) is 5.57 Å². The number of ether oxygens (including phenoxy) is 2. The molecule has 2 aliphatic heterocycles. The second-order valence-corrected chi connectivity index (χ2v) is 6.73. The van der Waals surface area contributed by atoms with Gasteiger partial charge in [-0.15, -0.1) is 0 Å². The van der Waals surface area contributed by atoms with E-state index >= 15 is 0 Å². The molecule has 0 saturated carbocycles. The molecule has 2 aromatic carbocycles. The molecule has 0 unspecified atom stereocenters. The zero-order valence-corrected chi connectivity index (χ0v) is 15.6. The van der Waals surface area contributed by atoms with E-state index in [1.165, 1.54) is 30.5 Å². The monoisotopic (exact) mass is 406 g/mol. The fraction of sp³-hybridized carbons (Fsp3) is 0.0909. The Bertz CT molecular complexity index is 1170. The molecule has 0 atom stereocenters. The number of furan rings is 1. The van der Waals surface area contributed by atoms with Gasteiger partial charge in [0, 0.05) is 11.8 Å². The number of rotatable bonds is 5. The van der Waals surface area contributed by atoms with Crippen LogP contribution >= 0.6 is 0 Å². The number of benzene rings is 2. The Morgan fingerprint density at radius 1 is 0.967 bits per heavy atom. The summed E-state index contributed by atoms with van der Waals surface area (Å²) in [5.41, 5.74) is 1.23. The third-order valence-electron chi connectivity index (χ3n) is 4.84. The molecule has 30 heavy (non-hydrogen) atoms. The van der Waals surface area contributed by atoms with Crippen LogP contribution < -0.4 is 14.8 Å². The number of hydrogen-bond donors (Lipinski definition) is 1. The number of nitrogens with zero attached hydrogens (tertiary/aromatic N) is 1. The van der Waals surface area contributed by atoms with E-state index in [1.807, 2.05) is 0 Å². The van der Waals surface area contributed by atoms with Crippen molar-refractivity contribution in [3.63, 3.8) is 0 Å². The number of fused-ring (bicyclic) bond motifs is 1. The number of nitrogens with one attached hydrogen (secondary N) is 1. The predicted octanol–water partition coefficient (Wildman–Crippen LogP) is 3.54. The number of carbonyl (C=O) groups is 2. The molecule has 8 heteroatoms. The van der Waals surface area contributed by atoms with Crippen molar-refractivity contribution in [2.24, 2.45) is 0 Å². The zero-order chi connectivity index (χ0) is 20.7. The predicted molar refractivity (Wildman–Crippen MR) is 104 cm³/mol. The van der Waals surface area contributed by atoms with Crippen molar-refractivity contribution in [3.05, 3.63) is 83.7 Å². The van der Waals surface area contributed by atoms with Gasteiger partial charge in [-0.05, 0) is 42.0 Å². The molecule has 0 saturated heterocycles. The van der Waals surface area contributed by atoms with Gasteiger partial charge in [0.25, 0.3) is 11.8 Å². The molecule has 5 rings (SSSR count). The van der Waals surface area contributed by atoms with E-state index in [-0.39, 0.29) is 24.6 Å². The Kier molecular flexibility index (Phi) is 4.24. The summed E-state index contributed by atoms with van der Waals surface area (Å²) in [6.45, 7) is 0.109. The van der Waals surface area contributed by atoms with Crippen molar-refractivity contribution in [3.8, 4) is 11.5 Å². The van der Waals surface area contributed by atoms with Gasteiger partial charge in [0.1, 0.15) is 17.3 Å². The number of imide groups is 1. The van der Waals surface area contributed by atoms with Crippen molar-refractivity contribution >= 4 is 23.1 Å². The van der Waals surface area contributed by atoms with E-state index in [0.29, 0.717) is 28.5 Å². The number of amides is 2. The molecule has 3 aromatic rings. The Morgan fingerprint density at radius 2 is 1.77 bits per heavy atom. The number of halogens is 1. The maximum absolute atomic E-state index is 13.4. The highest BCUT2D eigenvalue weighted by molar-refractivity contribution is 6.36. The third-order valence-corrected chi connectivity index (χ3v) is 4.84. The Morgan fingerprint density at radius 3 is 2.53 bits per heavy atom. The highest BCUT2D eigenvalue weighted by Crippen LogP contribution is 2.36. The molecule has 0 bridgehead atoms. The van der Waals surface area contributed by atoms with Crippen molar-refractivity contribution < 1.29 is 27.9 Å². The van der Waals surface area contributed by atoms with Crippen LogP contribution in [0.4, 0.5) is 10.1 Å². The van der Waals surface area contributed by atoms with E-state index in [1.54, 1.807) is 30.3 Å². The Hall–Kier alpha value is -4.07. The van der Waals surface area contributed by atoms with Crippen LogP contribution in [0.1, 0.15) is 11.3 Å². The molecule has 7 nitrogen and oxygen atoms in total. The van der Waals surface area contributed by atoms with Gasteiger partial charge in [0.05, 0.1) is 18.4 Å². The quantitative estimate of drug-likeness (QED) is 0.653. The second kappa shape index (κ2) is 7.07. The Labute approximate surface area is 170 Å². The van der Waals surface area contributed by atoms with E-state index in [4.69, 9.17) is 13.9 Å². The lowest BCUT2D eigenvalue weighted by atomic mass is 10.0. The smallest absolute Gasteiger partial charge is 0.278 e. The van der Waals surface area contributed by atoms with E-state index in [2.05, 4.69) is 5.32 Å². The molecule has 2 amide bonds. The Balaban J connectivity index is 1.54. The molecular formula is C22H15FN2O5. The van der Waals surface area contributed by atoms with Gasteiger partial charge < -0.3 is 19.2 Å². The topological polar surface area (TPSA) is 81.0 Å². The van der Waals surface area contributed by atoms with Gasteiger partial charge in [-0.1, -0.05) is 12.1 Å². The maximum atomic E-state index is 13.4. The molecule has 0 spiro atoms. The molecule has 0 fully saturated rings. The zero-order valence-electron chi connectivity index (χ0n) is 15.6. The SMILES string of the molecule is O=C1C(Nc2ccc3c(c2)OCO3)=C(c2ccc(F)cc2)C(=O)N1Cc1ccco1. The van der Waals surface area contributed by atoms with E-state index in [9.17, 15) is 14.0 Å². The first-order valence-corrected chi connectivity index (χ1v) is 9.15. The summed E-state index contributed by atoms with van der Waals surface area (Å²) in [4.78, 5) is 27.4. The first kappa shape index (κ1) is 18.0. The lowest BCUT2D eigenvalue weighted by molar-refractivity contribution is -0.137. The first-order valence-electron chi connectivity index (χ1n) is 9.15. The minimum Gasteiger partial charge on any atom is -0.467 e. The van der Waals surface area contributed by atoms with Crippen LogP contribution in [0, 0.1) is 5.82 Å². The minimum atomic E-state index is -0.506. The second-order valence-electron chi connectivity index (χ2n) is 6.73. The van der Waals surface area contributed by atoms with Gasteiger partial charge in [0.15, 0.2) is 11.5 Å². The lowest BCUT2D eigenvalue weighted by Gasteiger charge is -2.13. The van der Waals surface area contributed by atoms with Gasteiger partial charge in [-0.3, -0.25) is 14.5 Å². The van der Waals surface area contributed by atoms with E-state index in [0.717, 1.165) is 4.90 Å². The summed E-state index contributed by atoms with van der Waals surface area (Å²) in [7, 11) is 0. The number of anilines is 1. The number of hydrogen-bond acceptors (Lipinski definition) is 6. The molecule has 0 aliphatic carbocycles. The fourth-order valence-corrected chi connectivity index (χ4v) is 3.40. The average Bonchev–Trinajstić information content (AvgIpc) is 3.47. The average molecular weight is 406 g/mol. The minimum absolute atomic E-state index is 0.0122. The fourth-order valence-electron chi connectivity index (χ4n) is 3.40. The van der Waals surface area contributed by atoms with Crippen molar-refractivity contribution in [1.82, 2.24) is 4.90 Å². The first-order chi connectivity index (χ1) is 14.6. The number of carbonyl (C=O) groups excluding carboxylic acids is 2. The van der Waals surface area contributed by atoms with Gasteiger partial charge in [-0.2, -0.15) is 0 Å². The van der Waals surface area contributed by atoms with E-state index < -0.39 is 17.6 Å². The van der Waals surface area contributed by atoms with Gasteiger partial charge in [0.2, 0.25) is 6.79 Å². The van der Waals surface area contributed by atoms with Crippen LogP contribution in [0.3, 0.4) is 0 Å². The molecule has 0 radical (unpaired) electrons. The summed E-state index contributed by atoms with van der Waals surface area (Å²) < 4.78 is 29.4. The standard InChI is InChI=1S/C22H15FN2O5/c23-14-5-3-13(4-6-14)19-20(24-15-7-8-17-18(10-15)30-12-29-17)22(27)25(21(19)26)11-16-2-1-9-28-16/h1-10,24H,11-12H2. The van der Waals surface area contributed by atoms with Crippen LogP contribution in [0.2, 0.25) is 0 Å². The van der Waals surface area contributed by atoms with Crippen molar-refractivity contribution in [2.75, 3.05) is 12.1 Å². The van der Waals surface area contributed by atoms with Crippen LogP contribution in [0.5, 0.6) is 11.5 Å². The van der Waals surface area contributed by atoms with Crippen molar-refractivity contribution in [2.45, 2.75) is 6.54 Å². The highest BCUT2D eigenvalue weighted by atomic mass is 19.1. The third kappa shape index (κ3) is 3.08. The van der Waals surface area contributed by atoms with Crippen LogP contribution in [0.15, 0.2) is 71.0 Å². The van der Waals surface area contributed by atoms with Gasteiger partial charge >= 0.3 is 0 Å². The molecule has 2 aliphatic rings. The van der Waals surface area contributed by atoms with Crippen molar-refractivity contribution in [1.29, 1.82) is 0 Å². The molecule has 150 valence electrons. The molecular weight excluding hydrogens is 391 g/mol. The molecule has 1 N–H and O–H groups in total. The summed E-state index contributed by atoms with van der Waals surface area (Å²) >= 11 is 0. The summed E-state index contributed by atoms with van der Waals surface area (Å²) in [5.74, 6) is 0.169. The normalized spacial score (nSPS) is 15.3. The van der Waals surface area contributed by atoms with Crippen LogP contribution in [-0.4, -0.2) is 23.5 Å².